The van der Waals surface area contributed by atoms with Gasteiger partial charge in [0.05, 0.1) is 6.33 Å². The summed E-state index contributed by atoms with van der Waals surface area (Å²) in [5.74, 6) is 0.719. The third-order valence-electron chi connectivity index (χ3n) is 2.07. The number of hydrogen-bond acceptors (Lipinski definition) is 4. The van der Waals surface area contributed by atoms with Crippen molar-refractivity contribution in [3.05, 3.63) is 36.0 Å². The number of rotatable bonds is 4. The molecule has 1 unspecified atom stereocenters. The molecule has 0 spiro atoms. The van der Waals surface area contributed by atoms with Crippen LogP contribution in [0.2, 0.25) is 5.15 Å². The van der Waals surface area contributed by atoms with E-state index < -0.39 is 0 Å². The summed E-state index contributed by atoms with van der Waals surface area (Å²) in [6.07, 6.45) is 5.46. The van der Waals surface area contributed by atoms with Gasteiger partial charge in [-0.1, -0.05) is 11.6 Å². The zero-order valence-corrected chi connectivity index (χ0v) is 9.59. The van der Waals surface area contributed by atoms with Gasteiger partial charge in [-0.3, -0.25) is 0 Å². The van der Waals surface area contributed by atoms with E-state index in [1.165, 1.54) is 0 Å². The van der Waals surface area contributed by atoms with Crippen LogP contribution in [0.1, 0.15) is 6.92 Å². The second kappa shape index (κ2) is 4.94. The van der Waals surface area contributed by atoms with Crippen LogP contribution in [0, 0.1) is 0 Å². The van der Waals surface area contributed by atoms with E-state index in [2.05, 4.69) is 27.4 Å². The quantitative estimate of drug-likeness (QED) is 0.882. The third kappa shape index (κ3) is 2.93. The number of imidazole rings is 1. The first-order valence-corrected chi connectivity index (χ1v) is 5.33. The Bertz CT molecular complexity index is 425. The summed E-state index contributed by atoms with van der Waals surface area (Å²) >= 11 is 5.65. The Labute approximate surface area is 98.5 Å². The van der Waals surface area contributed by atoms with Crippen molar-refractivity contribution in [2.45, 2.75) is 19.5 Å². The molecule has 0 fully saturated rings. The summed E-state index contributed by atoms with van der Waals surface area (Å²) in [5, 5.41) is 11.3. The van der Waals surface area contributed by atoms with Crippen molar-refractivity contribution >= 4 is 17.4 Å². The van der Waals surface area contributed by atoms with Crippen molar-refractivity contribution in [1.29, 1.82) is 0 Å². The summed E-state index contributed by atoms with van der Waals surface area (Å²) in [7, 11) is 0. The maximum Gasteiger partial charge on any atom is 0.151 e. The van der Waals surface area contributed by atoms with Gasteiger partial charge >= 0.3 is 0 Å². The van der Waals surface area contributed by atoms with Crippen LogP contribution in [0.4, 0.5) is 5.82 Å². The topological polar surface area (TPSA) is 55.6 Å². The predicted octanol–water partition coefficient (Wildman–Crippen LogP) is 1.83. The van der Waals surface area contributed by atoms with E-state index in [0.717, 1.165) is 12.4 Å². The minimum absolute atomic E-state index is 0.240. The highest BCUT2D eigenvalue weighted by Crippen LogP contribution is 2.07. The molecule has 0 amide bonds. The molecular weight excluding hydrogens is 226 g/mol. The van der Waals surface area contributed by atoms with E-state index in [1.54, 1.807) is 24.7 Å². The highest BCUT2D eigenvalue weighted by Gasteiger charge is 2.03. The number of nitrogens with one attached hydrogen (secondary N) is 1. The molecule has 84 valence electrons. The van der Waals surface area contributed by atoms with Crippen LogP contribution in [0.15, 0.2) is 30.9 Å². The first-order chi connectivity index (χ1) is 7.74. The van der Waals surface area contributed by atoms with Gasteiger partial charge in [0.2, 0.25) is 0 Å². The van der Waals surface area contributed by atoms with Gasteiger partial charge in [0, 0.05) is 25.0 Å². The molecular formula is C10H12ClN5. The number of halogens is 1. The van der Waals surface area contributed by atoms with E-state index >= 15 is 0 Å². The van der Waals surface area contributed by atoms with Gasteiger partial charge < -0.3 is 9.88 Å². The Morgan fingerprint density at radius 3 is 2.94 bits per heavy atom. The molecule has 2 aromatic heterocycles. The molecule has 6 heteroatoms. The van der Waals surface area contributed by atoms with Crippen LogP contribution in [0.5, 0.6) is 0 Å². The van der Waals surface area contributed by atoms with Gasteiger partial charge in [-0.25, -0.2) is 4.98 Å². The first kappa shape index (κ1) is 10.9. The van der Waals surface area contributed by atoms with E-state index in [0.29, 0.717) is 5.15 Å². The molecule has 1 atom stereocenters. The van der Waals surface area contributed by atoms with Crippen molar-refractivity contribution in [2.24, 2.45) is 0 Å². The fourth-order valence-electron chi connectivity index (χ4n) is 1.40. The van der Waals surface area contributed by atoms with Crippen LogP contribution in [-0.2, 0) is 6.54 Å². The molecule has 16 heavy (non-hydrogen) atoms. The minimum atomic E-state index is 0.240. The Morgan fingerprint density at radius 2 is 2.31 bits per heavy atom. The fourth-order valence-corrected chi connectivity index (χ4v) is 1.50. The second-order valence-corrected chi connectivity index (χ2v) is 3.93. The van der Waals surface area contributed by atoms with Gasteiger partial charge in [0.25, 0.3) is 0 Å². The smallest absolute Gasteiger partial charge is 0.151 e. The lowest BCUT2D eigenvalue weighted by molar-refractivity contribution is 0.616. The van der Waals surface area contributed by atoms with Gasteiger partial charge in [0.1, 0.15) is 5.82 Å². The van der Waals surface area contributed by atoms with Crippen molar-refractivity contribution in [3.8, 4) is 0 Å². The van der Waals surface area contributed by atoms with E-state index in [4.69, 9.17) is 11.6 Å². The van der Waals surface area contributed by atoms with Gasteiger partial charge in [0.15, 0.2) is 5.15 Å². The molecule has 0 radical (unpaired) electrons. The lowest BCUT2D eigenvalue weighted by atomic mass is 10.3. The van der Waals surface area contributed by atoms with E-state index in [9.17, 15) is 0 Å². The summed E-state index contributed by atoms with van der Waals surface area (Å²) < 4.78 is 2.00. The Balaban J connectivity index is 1.92. The molecule has 5 nitrogen and oxygen atoms in total. The highest BCUT2D eigenvalue weighted by molar-refractivity contribution is 6.29. The molecule has 2 heterocycles. The van der Waals surface area contributed by atoms with Crippen molar-refractivity contribution in [2.75, 3.05) is 5.32 Å². The zero-order chi connectivity index (χ0) is 11.4. The monoisotopic (exact) mass is 237 g/mol. The van der Waals surface area contributed by atoms with Crippen LogP contribution < -0.4 is 5.32 Å². The average Bonchev–Trinajstić information content (AvgIpc) is 2.74. The lowest BCUT2D eigenvalue weighted by Gasteiger charge is -2.14. The summed E-state index contributed by atoms with van der Waals surface area (Å²) in [6.45, 7) is 2.89. The minimum Gasteiger partial charge on any atom is -0.364 e. The molecule has 0 aliphatic rings. The second-order valence-electron chi connectivity index (χ2n) is 3.55. The van der Waals surface area contributed by atoms with Crippen molar-refractivity contribution < 1.29 is 0 Å². The standard InChI is InChI=1S/C10H12ClN5/c1-8(6-16-5-4-12-7-16)13-10-3-2-9(11)14-15-10/h2-5,7-8H,6H2,1H3,(H,13,15). The molecule has 0 saturated carbocycles. The maximum absolute atomic E-state index is 5.65. The Hall–Kier alpha value is -1.62. The molecule has 0 aliphatic heterocycles. The van der Waals surface area contributed by atoms with Gasteiger partial charge in [-0.2, -0.15) is 0 Å². The number of hydrogen-bond donors (Lipinski definition) is 1. The Morgan fingerprint density at radius 1 is 1.44 bits per heavy atom. The van der Waals surface area contributed by atoms with E-state index in [1.807, 2.05) is 10.8 Å². The Kier molecular flexibility index (Phi) is 3.36. The first-order valence-electron chi connectivity index (χ1n) is 4.95. The third-order valence-corrected chi connectivity index (χ3v) is 2.27. The van der Waals surface area contributed by atoms with E-state index in [-0.39, 0.29) is 6.04 Å². The van der Waals surface area contributed by atoms with Gasteiger partial charge in [-0.05, 0) is 19.1 Å². The fraction of sp³-hybridized carbons (Fsp3) is 0.300. The van der Waals surface area contributed by atoms with Crippen LogP contribution in [0.3, 0.4) is 0 Å². The molecule has 0 aromatic carbocycles. The van der Waals surface area contributed by atoms with Crippen molar-refractivity contribution in [1.82, 2.24) is 19.7 Å². The van der Waals surface area contributed by atoms with Crippen molar-refractivity contribution in [3.63, 3.8) is 0 Å². The SMILES string of the molecule is CC(Cn1ccnc1)Nc1ccc(Cl)nn1. The molecule has 2 rings (SSSR count). The lowest BCUT2D eigenvalue weighted by Crippen LogP contribution is -2.22. The number of aromatic nitrogens is 4. The van der Waals surface area contributed by atoms with Crippen LogP contribution in [0.25, 0.3) is 0 Å². The maximum atomic E-state index is 5.65. The normalized spacial score (nSPS) is 12.4. The molecule has 0 bridgehead atoms. The highest BCUT2D eigenvalue weighted by atomic mass is 35.5. The number of nitrogens with zero attached hydrogens (tertiary/aromatic N) is 4. The molecule has 2 aromatic rings. The van der Waals surface area contributed by atoms with Crippen LogP contribution >= 0.6 is 11.6 Å². The summed E-state index contributed by atoms with van der Waals surface area (Å²) in [4.78, 5) is 3.98. The molecule has 0 saturated heterocycles. The largest absolute Gasteiger partial charge is 0.364 e. The molecule has 0 aliphatic carbocycles. The van der Waals surface area contributed by atoms with Gasteiger partial charge in [-0.15, -0.1) is 10.2 Å². The molecule has 1 N–H and O–H groups in total. The summed E-state index contributed by atoms with van der Waals surface area (Å²) in [5.41, 5.74) is 0. The number of anilines is 1. The predicted molar refractivity (Wildman–Crippen MR) is 62.4 cm³/mol. The summed E-state index contributed by atoms with van der Waals surface area (Å²) in [6, 6.07) is 3.75. The zero-order valence-electron chi connectivity index (χ0n) is 8.84. The van der Waals surface area contributed by atoms with Crippen LogP contribution in [-0.4, -0.2) is 25.8 Å². The average molecular weight is 238 g/mol.